The lowest BCUT2D eigenvalue weighted by Crippen LogP contribution is -2.33. The minimum absolute atomic E-state index is 0.161. The van der Waals surface area contributed by atoms with Crippen molar-refractivity contribution in [3.05, 3.63) is 165 Å². The lowest BCUT2D eigenvalue weighted by Gasteiger charge is -2.37. The van der Waals surface area contributed by atoms with Crippen LogP contribution in [0.1, 0.15) is 52.3 Å². The molecule has 7 rings (SSSR count). The van der Waals surface area contributed by atoms with Crippen LogP contribution >= 0.6 is 0 Å². The highest BCUT2D eigenvalue weighted by atomic mass is 28.3. The van der Waals surface area contributed by atoms with Crippen molar-refractivity contribution in [1.29, 1.82) is 0 Å². The maximum absolute atomic E-state index is 3.79. The first-order valence-electron chi connectivity index (χ1n) is 16.6. The average molecular weight is 623 g/mol. The number of fused-ring (bicyclic) bond motifs is 2. The fourth-order valence-electron chi connectivity index (χ4n) is 7.59. The third kappa shape index (κ3) is 5.18. The Morgan fingerprint density at radius 2 is 1.56 bits per heavy atom. The summed E-state index contributed by atoms with van der Waals surface area (Å²) in [6.07, 6.45) is 18.6. The van der Waals surface area contributed by atoms with Gasteiger partial charge in [0.25, 0.3) is 0 Å². The number of nitrogens with one attached hydrogen (secondary N) is 2. The molecule has 4 heteroatoms. The van der Waals surface area contributed by atoms with Gasteiger partial charge in [-0.1, -0.05) is 142 Å². The molecule has 4 aliphatic rings. The van der Waals surface area contributed by atoms with Gasteiger partial charge < -0.3 is 10.6 Å². The predicted molar refractivity (Wildman–Crippen MR) is 198 cm³/mol. The van der Waals surface area contributed by atoms with Gasteiger partial charge in [-0.2, -0.15) is 0 Å². The minimum Gasteiger partial charge on any atom is -0.381 e. The van der Waals surface area contributed by atoms with Crippen molar-refractivity contribution in [3.8, 4) is 0 Å². The molecule has 2 atom stereocenters. The second kappa shape index (κ2) is 11.2. The molecule has 0 amide bonds. The van der Waals surface area contributed by atoms with Crippen LogP contribution in [0.15, 0.2) is 131 Å². The van der Waals surface area contributed by atoms with Gasteiger partial charge in [-0.15, -0.1) is 0 Å². The van der Waals surface area contributed by atoms with E-state index in [2.05, 4.69) is 165 Å². The number of dihydropyridines is 2. The Kier molecular flexibility index (Phi) is 7.41. The van der Waals surface area contributed by atoms with Gasteiger partial charge in [-0.3, -0.25) is 0 Å². The molecule has 0 saturated carbocycles. The van der Waals surface area contributed by atoms with Crippen molar-refractivity contribution >= 4 is 27.4 Å². The Balaban J connectivity index is 1.39. The summed E-state index contributed by atoms with van der Waals surface area (Å²) >= 11 is 0. The molecule has 2 aliphatic heterocycles. The number of hydrogen-bond donors (Lipinski definition) is 2. The van der Waals surface area contributed by atoms with Crippen LogP contribution in [0.2, 0.25) is 39.3 Å². The Hall–Kier alpha value is -3.87. The Labute approximate surface area is 272 Å². The molecule has 3 aromatic carbocycles. The van der Waals surface area contributed by atoms with E-state index < -0.39 is 16.1 Å². The third-order valence-corrected chi connectivity index (χ3v) is 14.5. The molecule has 228 valence electrons. The molecule has 0 aromatic heterocycles. The van der Waals surface area contributed by atoms with Crippen LogP contribution in [0.4, 0.5) is 0 Å². The van der Waals surface area contributed by atoms with Crippen LogP contribution < -0.4 is 10.6 Å². The van der Waals surface area contributed by atoms with Gasteiger partial charge in [-0.25, -0.2) is 0 Å². The molecule has 3 aromatic rings. The van der Waals surface area contributed by atoms with Crippen LogP contribution in [0.5, 0.6) is 0 Å². The summed E-state index contributed by atoms with van der Waals surface area (Å²) in [5.41, 5.74) is 11.8. The predicted octanol–water partition coefficient (Wildman–Crippen LogP) is 9.85. The standard InChI is InChI=1S/C41H46N2Si2/c1-44(2,3)33-21-23-39(42-27-33)29-13-11-15-31(25-29)41(37-19-9-7-17-35(37)36-18-8-10-20-38(36)41)32-16-12-14-30(26-32)40-24-22-34(28-43-40)45(4,5)6/h7-9,11-19,21-27,39,42-43H,10,20,28H2,1-6H3. The van der Waals surface area contributed by atoms with E-state index in [1.54, 1.807) is 5.20 Å². The zero-order valence-electron chi connectivity index (χ0n) is 27.7. The highest BCUT2D eigenvalue weighted by Gasteiger charge is 2.47. The van der Waals surface area contributed by atoms with Gasteiger partial charge in [0.05, 0.1) is 27.6 Å². The first-order chi connectivity index (χ1) is 21.6. The molecule has 2 heterocycles. The maximum Gasteiger partial charge on any atom is 0.0794 e. The number of allylic oxidation sites excluding steroid dienone is 8. The zero-order chi connectivity index (χ0) is 31.4. The zero-order valence-corrected chi connectivity index (χ0v) is 29.7. The first-order valence-corrected chi connectivity index (χ1v) is 23.6. The van der Waals surface area contributed by atoms with E-state index in [9.17, 15) is 0 Å². The molecule has 0 saturated heterocycles. The second-order valence-electron chi connectivity index (χ2n) is 15.1. The summed E-state index contributed by atoms with van der Waals surface area (Å²) in [7, 11) is -2.72. The Morgan fingerprint density at radius 3 is 2.27 bits per heavy atom. The van der Waals surface area contributed by atoms with E-state index in [4.69, 9.17) is 0 Å². The Morgan fingerprint density at radius 1 is 0.778 bits per heavy atom. The van der Waals surface area contributed by atoms with Crippen molar-refractivity contribution in [3.63, 3.8) is 0 Å². The molecule has 0 bridgehead atoms. The van der Waals surface area contributed by atoms with Crippen LogP contribution in [0, 0.1) is 0 Å². The maximum atomic E-state index is 3.79. The molecule has 0 spiro atoms. The fourth-order valence-corrected chi connectivity index (χ4v) is 9.90. The summed E-state index contributed by atoms with van der Waals surface area (Å²) in [4.78, 5) is 0. The normalized spacial score (nSPS) is 22.5. The summed E-state index contributed by atoms with van der Waals surface area (Å²) in [5, 5.41) is 10.6. The number of hydrogen-bond acceptors (Lipinski definition) is 2. The van der Waals surface area contributed by atoms with Crippen molar-refractivity contribution in [2.24, 2.45) is 0 Å². The van der Waals surface area contributed by atoms with Crippen LogP contribution in [-0.4, -0.2) is 22.7 Å². The number of benzene rings is 3. The largest absolute Gasteiger partial charge is 0.381 e. The fraction of sp³-hybridized carbons (Fsp3) is 0.268. The van der Waals surface area contributed by atoms with Crippen molar-refractivity contribution in [2.45, 2.75) is 63.6 Å². The minimum atomic E-state index is -1.38. The summed E-state index contributed by atoms with van der Waals surface area (Å²) in [6, 6.07) is 28.1. The van der Waals surface area contributed by atoms with Crippen molar-refractivity contribution in [1.82, 2.24) is 10.6 Å². The smallest absolute Gasteiger partial charge is 0.0794 e. The Bertz CT molecular complexity index is 1850. The number of rotatable bonds is 6. The highest BCUT2D eigenvalue weighted by Crippen LogP contribution is 2.57. The molecular formula is C41H46N2Si2. The van der Waals surface area contributed by atoms with Crippen molar-refractivity contribution in [2.75, 3.05) is 6.54 Å². The van der Waals surface area contributed by atoms with Gasteiger partial charge in [-0.05, 0) is 80.9 Å². The molecule has 2 N–H and O–H groups in total. The summed E-state index contributed by atoms with van der Waals surface area (Å²) < 4.78 is 0. The van der Waals surface area contributed by atoms with Crippen LogP contribution in [0.25, 0.3) is 11.3 Å². The van der Waals surface area contributed by atoms with Gasteiger partial charge in [0, 0.05) is 12.2 Å². The van der Waals surface area contributed by atoms with E-state index in [-0.39, 0.29) is 11.5 Å². The van der Waals surface area contributed by atoms with Gasteiger partial charge in [0.2, 0.25) is 0 Å². The molecule has 2 nitrogen and oxygen atoms in total. The van der Waals surface area contributed by atoms with Gasteiger partial charge in [0.1, 0.15) is 0 Å². The lowest BCUT2D eigenvalue weighted by atomic mass is 9.65. The highest BCUT2D eigenvalue weighted by molar-refractivity contribution is 6.84. The average Bonchev–Trinajstić information content (AvgIpc) is 3.35. The SMILES string of the molecule is C[Si](C)(C)C1=CNC(c2cccc(C3(c4cccc(C5=CC=C([Si](C)(C)C)CN5)c4)C4=C(C=CCC4)c4ccccc43)c2)C=C1. The van der Waals surface area contributed by atoms with E-state index in [1.165, 1.54) is 55.4 Å². The van der Waals surface area contributed by atoms with Crippen LogP contribution in [-0.2, 0) is 5.41 Å². The van der Waals surface area contributed by atoms with Gasteiger partial charge in [0.15, 0.2) is 0 Å². The van der Waals surface area contributed by atoms with E-state index in [0.717, 1.165) is 19.4 Å². The molecule has 2 unspecified atom stereocenters. The van der Waals surface area contributed by atoms with E-state index in [0.29, 0.717) is 0 Å². The van der Waals surface area contributed by atoms with E-state index in [1.807, 2.05) is 0 Å². The summed E-state index contributed by atoms with van der Waals surface area (Å²) in [6.45, 7) is 15.5. The molecule has 45 heavy (non-hydrogen) atoms. The second-order valence-corrected chi connectivity index (χ2v) is 25.3. The molecular weight excluding hydrogens is 577 g/mol. The monoisotopic (exact) mass is 622 g/mol. The van der Waals surface area contributed by atoms with Gasteiger partial charge >= 0.3 is 0 Å². The molecule has 0 fully saturated rings. The molecule has 0 radical (unpaired) electrons. The topological polar surface area (TPSA) is 24.1 Å². The molecule has 2 aliphatic carbocycles. The van der Waals surface area contributed by atoms with E-state index >= 15 is 0 Å². The van der Waals surface area contributed by atoms with Crippen molar-refractivity contribution < 1.29 is 0 Å². The van der Waals surface area contributed by atoms with Crippen LogP contribution in [0.3, 0.4) is 0 Å². The third-order valence-electron chi connectivity index (χ3n) is 10.2. The first kappa shape index (κ1) is 29.8. The lowest BCUT2D eigenvalue weighted by molar-refractivity contribution is 0.688. The summed E-state index contributed by atoms with van der Waals surface area (Å²) in [5.74, 6) is 0. The quantitative estimate of drug-likeness (QED) is 0.267.